The van der Waals surface area contributed by atoms with Gasteiger partial charge >= 0.3 is 0 Å². The van der Waals surface area contributed by atoms with Crippen LogP contribution in [-0.2, 0) is 16.1 Å². The largest absolute Gasteiger partial charge is 0.360 e. The van der Waals surface area contributed by atoms with Crippen LogP contribution in [0.15, 0.2) is 40.4 Å². The van der Waals surface area contributed by atoms with E-state index in [4.69, 9.17) is 4.52 Å². The fraction of sp³-hybridized carbons (Fsp3) is 0.481. The van der Waals surface area contributed by atoms with E-state index in [1.54, 1.807) is 21.1 Å². The first-order chi connectivity index (χ1) is 16.6. The monoisotopic (exact) mass is 494 g/mol. The number of likely N-dealkylation sites (N-methyl/N-ethyl adjacent to an activating group) is 1. The molecule has 1 aliphatic heterocycles. The van der Waals surface area contributed by atoms with Crippen molar-refractivity contribution < 1.29 is 14.1 Å². The summed E-state index contributed by atoms with van der Waals surface area (Å²) in [6.07, 6.45) is 1.48. The van der Waals surface area contributed by atoms with Crippen LogP contribution < -0.4 is 0 Å². The van der Waals surface area contributed by atoms with Crippen LogP contribution >= 0.6 is 11.3 Å². The Balaban J connectivity index is 1.47. The molecule has 2 aromatic heterocycles. The minimum absolute atomic E-state index is 0.0281. The van der Waals surface area contributed by atoms with Crippen LogP contribution in [0.25, 0.3) is 10.4 Å². The maximum Gasteiger partial charge on any atom is 0.245 e. The third-order valence-corrected chi connectivity index (χ3v) is 7.60. The molecule has 7 nitrogen and oxygen atoms in total. The molecule has 0 aliphatic carbocycles. The zero-order valence-electron chi connectivity index (χ0n) is 21.4. The number of rotatable bonds is 6. The van der Waals surface area contributed by atoms with E-state index in [2.05, 4.69) is 34.4 Å². The lowest BCUT2D eigenvalue weighted by Crippen LogP contribution is -2.49. The van der Waals surface area contributed by atoms with Gasteiger partial charge in [-0.1, -0.05) is 50.2 Å². The first-order valence-corrected chi connectivity index (χ1v) is 12.9. The molecule has 35 heavy (non-hydrogen) atoms. The van der Waals surface area contributed by atoms with Gasteiger partial charge in [-0.25, -0.2) is 4.98 Å². The van der Waals surface area contributed by atoms with Crippen molar-refractivity contribution in [2.45, 2.75) is 66.0 Å². The normalized spacial score (nSPS) is 17.0. The van der Waals surface area contributed by atoms with Crippen molar-refractivity contribution in [2.24, 2.45) is 5.41 Å². The Morgan fingerprint density at radius 1 is 1.23 bits per heavy atom. The van der Waals surface area contributed by atoms with Crippen molar-refractivity contribution in [1.82, 2.24) is 19.9 Å². The Morgan fingerprint density at radius 2 is 1.94 bits per heavy atom. The summed E-state index contributed by atoms with van der Waals surface area (Å²) in [4.78, 5) is 36.2. The third-order valence-electron chi connectivity index (χ3n) is 6.62. The van der Waals surface area contributed by atoms with E-state index < -0.39 is 12.0 Å². The molecular weight excluding hydrogens is 460 g/mol. The molecule has 0 spiro atoms. The molecule has 1 fully saturated rings. The van der Waals surface area contributed by atoms with Gasteiger partial charge < -0.3 is 14.3 Å². The lowest BCUT2D eigenvalue weighted by Gasteiger charge is -2.34. The summed E-state index contributed by atoms with van der Waals surface area (Å²) in [6.45, 7) is 11.0. The van der Waals surface area contributed by atoms with Gasteiger partial charge in [-0.3, -0.25) is 9.59 Å². The average Bonchev–Trinajstić information content (AvgIpc) is 3.54. The number of thiazole rings is 1. The summed E-state index contributed by atoms with van der Waals surface area (Å²) in [5, 5.41) is 3.99. The molecule has 3 aromatic rings. The Morgan fingerprint density at radius 3 is 2.51 bits per heavy atom. The van der Waals surface area contributed by atoms with Gasteiger partial charge in [0.2, 0.25) is 11.8 Å². The average molecular weight is 495 g/mol. The zero-order valence-corrected chi connectivity index (χ0v) is 22.2. The molecule has 4 rings (SSSR count). The molecular formula is C27H34N4O3S. The smallest absolute Gasteiger partial charge is 0.245 e. The van der Waals surface area contributed by atoms with E-state index in [0.29, 0.717) is 25.3 Å². The summed E-state index contributed by atoms with van der Waals surface area (Å²) in [6, 6.07) is 9.62. The maximum absolute atomic E-state index is 13.7. The van der Waals surface area contributed by atoms with Crippen LogP contribution in [0.5, 0.6) is 0 Å². The first kappa shape index (κ1) is 25.1. The predicted molar refractivity (Wildman–Crippen MR) is 137 cm³/mol. The standard InChI is InChI=1S/C27H34N4O3S/c1-17-14-22(34-29-17)23(27(3,4)5)26(33)31-13-7-8-21(31)25(32)30(6)15-19-9-11-20(12-10-19)24-18(2)28-16-35-24/h9-12,14,16,21,23H,7-8,13,15H2,1-6H3/t21-,23+/m0/s1. The van der Waals surface area contributed by atoms with E-state index in [-0.39, 0.29) is 17.2 Å². The van der Waals surface area contributed by atoms with Crippen molar-refractivity contribution in [3.05, 3.63) is 58.6 Å². The quantitative estimate of drug-likeness (QED) is 0.471. The van der Waals surface area contributed by atoms with Gasteiger partial charge in [-0.15, -0.1) is 11.3 Å². The molecule has 8 heteroatoms. The molecule has 0 bridgehead atoms. The van der Waals surface area contributed by atoms with Crippen molar-refractivity contribution in [3.63, 3.8) is 0 Å². The first-order valence-electron chi connectivity index (χ1n) is 12.0. The molecule has 3 heterocycles. The highest BCUT2D eigenvalue weighted by Gasteiger charge is 2.44. The van der Waals surface area contributed by atoms with Gasteiger partial charge in [0.15, 0.2) is 0 Å². The number of aromatic nitrogens is 2. The number of nitrogens with zero attached hydrogens (tertiary/aromatic N) is 4. The van der Waals surface area contributed by atoms with Gasteiger partial charge in [-0.05, 0) is 43.2 Å². The van der Waals surface area contributed by atoms with Gasteiger partial charge in [-0.2, -0.15) is 0 Å². The van der Waals surface area contributed by atoms with Crippen molar-refractivity contribution in [3.8, 4) is 10.4 Å². The van der Waals surface area contributed by atoms with E-state index in [1.165, 1.54) is 0 Å². The fourth-order valence-corrected chi connectivity index (χ4v) is 5.65. The highest BCUT2D eigenvalue weighted by Crippen LogP contribution is 2.38. The number of amides is 2. The van der Waals surface area contributed by atoms with Crippen molar-refractivity contribution in [1.29, 1.82) is 0 Å². The number of carbonyl (C=O) groups is 2. The second-order valence-electron chi connectivity index (χ2n) is 10.5. The summed E-state index contributed by atoms with van der Waals surface area (Å²) in [5.41, 5.74) is 5.43. The van der Waals surface area contributed by atoms with Crippen LogP contribution in [0.1, 0.15) is 62.2 Å². The van der Waals surface area contributed by atoms with Crippen LogP contribution in [0.3, 0.4) is 0 Å². The van der Waals surface area contributed by atoms with Gasteiger partial charge in [0, 0.05) is 26.2 Å². The van der Waals surface area contributed by atoms with Crippen LogP contribution in [0.2, 0.25) is 0 Å². The second kappa shape index (κ2) is 9.93. The lowest BCUT2D eigenvalue weighted by atomic mass is 9.78. The second-order valence-corrected chi connectivity index (χ2v) is 11.4. The maximum atomic E-state index is 13.7. The van der Waals surface area contributed by atoms with Crippen LogP contribution in [0.4, 0.5) is 0 Å². The predicted octanol–water partition coefficient (Wildman–Crippen LogP) is 5.19. The van der Waals surface area contributed by atoms with Gasteiger partial charge in [0.05, 0.1) is 21.8 Å². The minimum Gasteiger partial charge on any atom is -0.360 e. The number of aryl methyl sites for hydroxylation is 2. The Labute approximate surface area is 211 Å². The SMILES string of the molecule is Cc1cc([C@H](C(=O)N2CCC[C@H]2C(=O)N(C)Cc2ccc(-c3scnc3C)cc2)C(C)(C)C)on1. The molecule has 2 atom stereocenters. The van der Waals surface area contributed by atoms with Crippen molar-refractivity contribution >= 4 is 23.2 Å². The van der Waals surface area contributed by atoms with E-state index in [0.717, 1.165) is 33.8 Å². The van der Waals surface area contributed by atoms with Crippen LogP contribution in [-0.4, -0.2) is 51.4 Å². The molecule has 0 N–H and O–H groups in total. The minimum atomic E-state index is -0.495. The summed E-state index contributed by atoms with van der Waals surface area (Å²) in [7, 11) is 1.81. The Kier molecular flexibility index (Phi) is 7.12. The molecule has 186 valence electrons. The zero-order chi connectivity index (χ0) is 25.3. The summed E-state index contributed by atoms with van der Waals surface area (Å²) in [5.74, 6) is -0.0327. The van der Waals surface area contributed by atoms with E-state index in [1.807, 2.05) is 53.2 Å². The Bertz CT molecular complexity index is 1190. The molecule has 0 radical (unpaired) electrons. The summed E-state index contributed by atoms with van der Waals surface area (Å²) >= 11 is 1.63. The number of likely N-dealkylation sites (tertiary alicyclic amines) is 1. The molecule has 1 saturated heterocycles. The third kappa shape index (κ3) is 5.32. The molecule has 1 aromatic carbocycles. The number of benzene rings is 1. The number of hydrogen-bond acceptors (Lipinski definition) is 6. The molecule has 1 aliphatic rings. The molecule has 2 amide bonds. The fourth-order valence-electron chi connectivity index (χ4n) is 4.84. The Hall–Kier alpha value is -3.00. The van der Waals surface area contributed by atoms with Crippen LogP contribution in [0, 0.1) is 19.3 Å². The molecule has 0 unspecified atom stereocenters. The van der Waals surface area contributed by atoms with E-state index in [9.17, 15) is 9.59 Å². The van der Waals surface area contributed by atoms with Gasteiger partial charge in [0.1, 0.15) is 17.7 Å². The van der Waals surface area contributed by atoms with Crippen molar-refractivity contribution in [2.75, 3.05) is 13.6 Å². The topological polar surface area (TPSA) is 79.5 Å². The summed E-state index contributed by atoms with van der Waals surface area (Å²) < 4.78 is 5.50. The number of hydrogen-bond donors (Lipinski definition) is 0. The number of carbonyl (C=O) groups excluding carboxylic acids is 2. The van der Waals surface area contributed by atoms with E-state index >= 15 is 0 Å². The highest BCUT2D eigenvalue weighted by molar-refractivity contribution is 7.13. The lowest BCUT2D eigenvalue weighted by molar-refractivity contribution is -0.145. The van der Waals surface area contributed by atoms with Gasteiger partial charge in [0.25, 0.3) is 0 Å². The molecule has 0 saturated carbocycles. The highest BCUT2D eigenvalue weighted by atomic mass is 32.1.